The molecule has 1 aromatic rings. The summed E-state index contributed by atoms with van der Waals surface area (Å²) < 4.78 is 9.34. The molecule has 3 nitrogen and oxygen atoms in total. The summed E-state index contributed by atoms with van der Waals surface area (Å²) in [6, 6.07) is 10.6. The second kappa shape index (κ2) is 6.66. The van der Waals surface area contributed by atoms with E-state index in [1.54, 1.807) is 0 Å². The Labute approximate surface area is 86.9 Å². The van der Waals surface area contributed by atoms with Gasteiger partial charge in [0.1, 0.15) is 6.54 Å². The van der Waals surface area contributed by atoms with Crippen LogP contribution in [0.4, 0.5) is 0 Å². The minimum Gasteiger partial charge on any atom is -0.772 e. The number of rotatable bonds is 2. The Hall–Kier alpha value is -0.760. The molecule has 0 aromatic heterocycles. The molecule has 1 aromatic carbocycles. The highest BCUT2D eigenvalue weighted by atomic mass is 31.1. The Bertz CT molecular complexity index is 257. The van der Waals surface area contributed by atoms with Crippen LogP contribution in [0.2, 0.25) is 0 Å². The van der Waals surface area contributed by atoms with Crippen molar-refractivity contribution in [2.24, 2.45) is 0 Å². The van der Waals surface area contributed by atoms with Gasteiger partial charge in [-0.1, -0.05) is 30.3 Å². The lowest BCUT2D eigenvalue weighted by Gasteiger charge is -2.23. The summed E-state index contributed by atoms with van der Waals surface area (Å²) in [7, 11) is 5.52. The highest BCUT2D eigenvalue weighted by Gasteiger charge is 2.06. The van der Waals surface area contributed by atoms with Gasteiger partial charge in [0.05, 0.1) is 29.8 Å². The summed E-state index contributed by atoms with van der Waals surface area (Å²) in [5, 5.41) is 0. The predicted molar refractivity (Wildman–Crippen MR) is 55.8 cm³/mol. The lowest BCUT2D eigenvalue weighted by molar-refractivity contribution is -0.884. The van der Waals surface area contributed by atoms with Gasteiger partial charge < -0.3 is 9.38 Å². The Morgan fingerprint density at radius 2 is 1.64 bits per heavy atom. The van der Waals surface area contributed by atoms with Crippen LogP contribution in [0.5, 0.6) is 0 Å². The van der Waals surface area contributed by atoms with E-state index in [0.717, 1.165) is 11.0 Å². The van der Waals surface area contributed by atoms with Gasteiger partial charge in [-0.3, -0.25) is 4.57 Å². The molecule has 0 heterocycles. The molecule has 0 amide bonds. The average Bonchev–Trinajstić information content (AvgIpc) is 2.04. The molecule has 0 aliphatic carbocycles. The standard InChI is InChI=1S/C10H16N.HO2P/c1-11(2,3)9-10-7-5-4-6-8-10;1-3-2/h4-8H,9H2,1-3H3;(H,1,2)/q+1;/p-1. The van der Waals surface area contributed by atoms with Gasteiger partial charge in [0.15, 0.2) is 0 Å². The number of hydrogen-bond donors (Lipinski definition) is 0. The highest BCUT2D eigenvalue weighted by Crippen LogP contribution is 2.04. The first-order valence-electron chi connectivity index (χ1n) is 4.29. The molecule has 0 N–H and O–H groups in total. The van der Waals surface area contributed by atoms with Gasteiger partial charge in [0.25, 0.3) is 0 Å². The monoisotopic (exact) mass is 213 g/mol. The average molecular weight is 213 g/mol. The van der Waals surface area contributed by atoms with Crippen molar-refractivity contribution < 1.29 is 13.9 Å². The van der Waals surface area contributed by atoms with Crippen LogP contribution in [0.1, 0.15) is 5.56 Å². The third kappa shape index (κ3) is 7.87. The normalized spacial score (nSPS) is 10.6. The first-order chi connectivity index (χ1) is 6.49. The zero-order valence-corrected chi connectivity index (χ0v) is 9.70. The third-order valence-corrected chi connectivity index (χ3v) is 1.50. The van der Waals surface area contributed by atoms with Crippen molar-refractivity contribution in [3.8, 4) is 0 Å². The number of nitrogens with zero attached hydrogens (tertiary/aromatic N) is 1. The summed E-state index contributed by atoms with van der Waals surface area (Å²) in [5.41, 5.74) is 1.40. The van der Waals surface area contributed by atoms with E-state index >= 15 is 0 Å². The molecule has 0 spiro atoms. The maximum absolute atomic E-state index is 8.35. The van der Waals surface area contributed by atoms with Crippen LogP contribution in [0.15, 0.2) is 30.3 Å². The number of hydrogen-bond acceptors (Lipinski definition) is 2. The molecule has 0 unspecified atom stereocenters. The molecule has 78 valence electrons. The molecule has 0 aliphatic rings. The van der Waals surface area contributed by atoms with E-state index in [0.29, 0.717) is 0 Å². The van der Waals surface area contributed by atoms with Gasteiger partial charge in [0.2, 0.25) is 0 Å². The molecule has 0 saturated heterocycles. The maximum atomic E-state index is 8.35. The van der Waals surface area contributed by atoms with Gasteiger partial charge in [-0.25, -0.2) is 0 Å². The number of quaternary nitrogens is 1. The van der Waals surface area contributed by atoms with Crippen molar-refractivity contribution in [2.45, 2.75) is 6.54 Å². The lowest BCUT2D eigenvalue weighted by Crippen LogP contribution is -2.33. The van der Waals surface area contributed by atoms with Gasteiger partial charge in [-0.15, -0.1) is 0 Å². The minimum absolute atomic E-state index is 0.990. The summed E-state index contributed by atoms with van der Waals surface area (Å²) in [4.78, 5) is 8.35. The molecule has 0 radical (unpaired) electrons. The first-order valence-corrected chi connectivity index (χ1v) is 5.02. The fraction of sp³-hybridized carbons (Fsp3) is 0.400. The maximum Gasteiger partial charge on any atom is 0.104 e. The second-order valence-electron chi connectivity index (χ2n) is 4.01. The fourth-order valence-corrected chi connectivity index (χ4v) is 1.13. The second-order valence-corrected chi connectivity index (χ2v) is 4.16. The van der Waals surface area contributed by atoms with Crippen LogP contribution in [0, 0.1) is 0 Å². The number of benzene rings is 1. The first kappa shape index (κ1) is 13.2. The predicted octanol–water partition coefficient (Wildman–Crippen LogP) is 1.45. The third-order valence-electron chi connectivity index (χ3n) is 1.50. The summed E-state index contributed by atoms with van der Waals surface area (Å²) in [6.07, 6.45) is 0. The summed E-state index contributed by atoms with van der Waals surface area (Å²) >= 11 is 0. The van der Waals surface area contributed by atoms with E-state index in [9.17, 15) is 0 Å². The van der Waals surface area contributed by atoms with Gasteiger partial charge >= 0.3 is 0 Å². The molecule has 0 saturated carbocycles. The van der Waals surface area contributed by atoms with Crippen LogP contribution in [-0.4, -0.2) is 25.6 Å². The summed E-state index contributed by atoms with van der Waals surface area (Å²) in [6.45, 7) is 1.10. The van der Waals surface area contributed by atoms with Crippen molar-refractivity contribution in [1.82, 2.24) is 0 Å². The largest absolute Gasteiger partial charge is 0.772 e. The quantitative estimate of drug-likeness (QED) is 0.551. The van der Waals surface area contributed by atoms with Crippen LogP contribution < -0.4 is 4.89 Å². The SMILES string of the molecule is C[N+](C)(C)Cc1ccccc1.O=P[O-]. The molecule has 0 bridgehead atoms. The van der Waals surface area contributed by atoms with Crippen LogP contribution in [0.25, 0.3) is 0 Å². The van der Waals surface area contributed by atoms with Crippen molar-refractivity contribution in [1.29, 1.82) is 0 Å². The van der Waals surface area contributed by atoms with Gasteiger partial charge in [0, 0.05) is 5.56 Å². The van der Waals surface area contributed by atoms with Crippen LogP contribution >= 0.6 is 8.69 Å². The van der Waals surface area contributed by atoms with Crippen LogP contribution in [-0.2, 0) is 11.1 Å². The molecular formula is C10H16NO2P. The molecule has 0 aliphatic heterocycles. The molecule has 1 rings (SSSR count). The Morgan fingerprint density at radius 3 is 2.00 bits per heavy atom. The van der Waals surface area contributed by atoms with Crippen molar-refractivity contribution in [2.75, 3.05) is 21.1 Å². The molecular weight excluding hydrogens is 197 g/mol. The van der Waals surface area contributed by atoms with Crippen molar-refractivity contribution >= 4 is 8.69 Å². The smallest absolute Gasteiger partial charge is 0.104 e. The lowest BCUT2D eigenvalue weighted by atomic mass is 10.2. The van der Waals surface area contributed by atoms with E-state index in [1.807, 2.05) is 0 Å². The van der Waals surface area contributed by atoms with E-state index in [4.69, 9.17) is 9.46 Å². The van der Waals surface area contributed by atoms with E-state index < -0.39 is 8.69 Å². The van der Waals surface area contributed by atoms with Gasteiger partial charge in [-0.2, -0.15) is 0 Å². The van der Waals surface area contributed by atoms with E-state index in [1.165, 1.54) is 5.56 Å². The fourth-order valence-electron chi connectivity index (χ4n) is 1.13. The topological polar surface area (TPSA) is 40.1 Å². The van der Waals surface area contributed by atoms with Crippen LogP contribution in [0.3, 0.4) is 0 Å². The Morgan fingerprint density at radius 1 is 1.21 bits per heavy atom. The minimum atomic E-state index is -1.08. The molecule has 0 fully saturated rings. The molecule has 4 heteroatoms. The Kier molecular flexibility index (Phi) is 6.30. The molecule has 0 atom stereocenters. The Balaban J connectivity index is 0.000000500. The van der Waals surface area contributed by atoms with Gasteiger partial charge in [-0.05, 0) is 0 Å². The molecule has 14 heavy (non-hydrogen) atoms. The zero-order chi connectivity index (χ0) is 11.0. The van der Waals surface area contributed by atoms with Crippen molar-refractivity contribution in [3.63, 3.8) is 0 Å². The summed E-state index contributed by atoms with van der Waals surface area (Å²) in [5.74, 6) is 0. The zero-order valence-electron chi connectivity index (χ0n) is 8.80. The highest BCUT2D eigenvalue weighted by molar-refractivity contribution is 7.14. The van der Waals surface area contributed by atoms with E-state index in [-0.39, 0.29) is 0 Å². The van der Waals surface area contributed by atoms with E-state index in [2.05, 4.69) is 51.5 Å². The van der Waals surface area contributed by atoms with Crippen molar-refractivity contribution in [3.05, 3.63) is 35.9 Å².